The fourth-order valence-corrected chi connectivity index (χ4v) is 2.53. The first-order chi connectivity index (χ1) is 12.6. The molecule has 0 aliphatic carbocycles. The van der Waals surface area contributed by atoms with Gasteiger partial charge in [-0.15, -0.1) is 0 Å². The zero-order valence-corrected chi connectivity index (χ0v) is 15.3. The minimum atomic E-state index is -0.542. The van der Waals surface area contributed by atoms with E-state index >= 15 is 0 Å². The summed E-state index contributed by atoms with van der Waals surface area (Å²) in [5.74, 6) is 0.326. The van der Waals surface area contributed by atoms with E-state index in [-0.39, 0.29) is 12.5 Å². The van der Waals surface area contributed by atoms with Gasteiger partial charge in [0.2, 0.25) is 0 Å². The third kappa shape index (κ3) is 5.24. The van der Waals surface area contributed by atoms with Crippen LogP contribution in [0.4, 0.5) is 16.2 Å². The fourth-order valence-electron chi connectivity index (χ4n) is 2.53. The molecule has 0 aromatic heterocycles. The maximum Gasteiger partial charge on any atom is 0.411 e. The number of carbonyl (C=O) groups is 2. The fraction of sp³-hybridized carbons (Fsp3) is 0.300. The lowest BCUT2D eigenvalue weighted by Gasteiger charge is -2.14. The van der Waals surface area contributed by atoms with Crippen molar-refractivity contribution in [3.63, 3.8) is 0 Å². The third-order valence-corrected chi connectivity index (χ3v) is 3.92. The van der Waals surface area contributed by atoms with Gasteiger partial charge in [-0.3, -0.25) is 10.1 Å². The van der Waals surface area contributed by atoms with Gasteiger partial charge in [-0.1, -0.05) is 32.0 Å². The van der Waals surface area contributed by atoms with E-state index in [0.717, 1.165) is 29.7 Å². The van der Waals surface area contributed by atoms with Gasteiger partial charge in [-0.2, -0.15) is 0 Å². The van der Waals surface area contributed by atoms with Crippen molar-refractivity contribution in [3.05, 3.63) is 53.6 Å². The maximum absolute atomic E-state index is 12.3. The number of aryl methyl sites for hydroxylation is 2. The summed E-state index contributed by atoms with van der Waals surface area (Å²) in [7, 11) is 1.30. The highest BCUT2D eigenvalue weighted by Crippen LogP contribution is 2.22. The Morgan fingerprint density at radius 3 is 2.08 bits per heavy atom. The molecule has 6 nitrogen and oxygen atoms in total. The first-order valence-electron chi connectivity index (χ1n) is 8.55. The summed E-state index contributed by atoms with van der Waals surface area (Å²) in [4.78, 5) is 23.4. The van der Waals surface area contributed by atoms with Crippen LogP contribution >= 0.6 is 0 Å². The number of nitrogens with one attached hydrogen (secondary N) is 2. The van der Waals surface area contributed by atoms with Gasteiger partial charge in [0.1, 0.15) is 5.75 Å². The van der Waals surface area contributed by atoms with Crippen LogP contribution < -0.4 is 15.4 Å². The molecular formula is C20H24N2O4. The van der Waals surface area contributed by atoms with Crippen molar-refractivity contribution in [3.8, 4) is 5.75 Å². The third-order valence-electron chi connectivity index (χ3n) is 3.92. The molecule has 0 saturated carbocycles. The SMILES string of the molecule is CCc1cccc(CC)c1NC(=O)COc1ccc(NC(=O)OC)cc1. The largest absolute Gasteiger partial charge is 0.484 e. The number of carbonyl (C=O) groups excluding carboxylic acids is 2. The average molecular weight is 356 g/mol. The Hall–Kier alpha value is -3.02. The predicted molar refractivity (Wildman–Crippen MR) is 102 cm³/mol. The molecule has 2 amide bonds. The summed E-state index contributed by atoms with van der Waals surface area (Å²) < 4.78 is 10.0. The van der Waals surface area contributed by atoms with E-state index in [0.29, 0.717) is 11.4 Å². The number of anilines is 2. The molecule has 138 valence electrons. The van der Waals surface area contributed by atoms with Gasteiger partial charge in [0.25, 0.3) is 5.91 Å². The number of amides is 2. The highest BCUT2D eigenvalue weighted by atomic mass is 16.5. The van der Waals surface area contributed by atoms with Crippen LogP contribution in [0.25, 0.3) is 0 Å². The Kier molecular flexibility index (Phi) is 7.02. The van der Waals surface area contributed by atoms with Crippen LogP contribution in [0, 0.1) is 0 Å². The van der Waals surface area contributed by atoms with E-state index in [1.165, 1.54) is 7.11 Å². The molecule has 0 bridgehead atoms. The van der Waals surface area contributed by atoms with Gasteiger partial charge < -0.3 is 14.8 Å². The second kappa shape index (κ2) is 9.46. The summed E-state index contributed by atoms with van der Waals surface area (Å²) in [6, 6.07) is 12.7. The first-order valence-corrected chi connectivity index (χ1v) is 8.55. The van der Waals surface area contributed by atoms with Crippen molar-refractivity contribution in [2.24, 2.45) is 0 Å². The van der Waals surface area contributed by atoms with Crippen molar-refractivity contribution < 1.29 is 19.1 Å². The Balaban J connectivity index is 1.94. The topological polar surface area (TPSA) is 76.7 Å². The number of rotatable bonds is 7. The highest BCUT2D eigenvalue weighted by molar-refractivity contribution is 5.93. The smallest absolute Gasteiger partial charge is 0.411 e. The molecule has 0 aliphatic heterocycles. The molecule has 0 fully saturated rings. The van der Waals surface area contributed by atoms with E-state index in [1.807, 2.05) is 18.2 Å². The van der Waals surface area contributed by atoms with E-state index in [2.05, 4.69) is 29.2 Å². The molecule has 0 unspecified atom stereocenters. The van der Waals surface area contributed by atoms with Gasteiger partial charge in [0.15, 0.2) is 6.61 Å². The molecule has 0 atom stereocenters. The van der Waals surface area contributed by atoms with Gasteiger partial charge in [-0.25, -0.2) is 4.79 Å². The van der Waals surface area contributed by atoms with Crippen LogP contribution in [0.15, 0.2) is 42.5 Å². The zero-order chi connectivity index (χ0) is 18.9. The first kappa shape index (κ1) is 19.3. The summed E-state index contributed by atoms with van der Waals surface area (Å²) in [5, 5.41) is 5.50. The van der Waals surface area contributed by atoms with E-state index in [4.69, 9.17) is 4.74 Å². The Labute approximate surface area is 153 Å². The van der Waals surface area contributed by atoms with Crippen molar-refractivity contribution in [2.45, 2.75) is 26.7 Å². The predicted octanol–water partition coefficient (Wildman–Crippen LogP) is 4.01. The molecule has 2 aromatic rings. The minimum Gasteiger partial charge on any atom is -0.484 e. The summed E-state index contributed by atoms with van der Waals surface area (Å²) in [6.45, 7) is 4.03. The average Bonchev–Trinajstić information content (AvgIpc) is 2.67. The molecule has 0 aliphatic rings. The number of hydrogen-bond donors (Lipinski definition) is 2. The van der Waals surface area contributed by atoms with Gasteiger partial charge in [0, 0.05) is 11.4 Å². The number of hydrogen-bond acceptors (Lipinski definition) is 4. The van der Waals surface area contributed by atoms with Crippen LogP contribution in [0.1, 0.15) is 25.0 Å². The van der Waals surface area contributed by atoms with Crippen LogP contribution in [0.2, 0.25) is 0 Å². The number of methoxy groups -OCH3 is 1. The second-order valence-electron chi connectivity index (χ2n) is 5.64. The van der Waals surface area contributed by atoms with Gasteiger partial charge >= 0.3 is 6.09 Å². The summed E-state index contributed by atoms with van der Waals surface area (Å²) in [5.41, 5.74) is 3.67. The molecule has 0 saturated heterocycles. The monoisotopic (exact) mass is 356 g/mol. The van der Waals surface area contributed by atoms with Crippen molar-refractivity contribution in [1.82, 2.24) is 0 Å². The molecule has 6 heteroatoms. The zero-order valence-electron chi connectivity index (χ0n) is 15.3. The van der Waals surface area contributed by atoms with Crippen molar-refractivity contribution in [1.29, 1.82) is 0 Å². The Morgan fingerprint density at radius 1 is 0.923 bits per heavy atom. The molecule has 0 heterocycles. The molecular weight excluding hydrogens is 332 g/mol. The second-order valence-corrected chi connectivity index (χ2v) is 5.64. The lowest BCUT2D eigenvalue weighted by Crippen LogP contribution is -2.21. The number of benzene rings is 2. The molecule has 26 heavy (non-hydrogen) atoms. The Bertz CT molecular complexity index is 735. The molecule has 2 rings (SSSR count). The normalized spacial score (nSPS) is 10.1. The summed E-state index contributed by atoms with van der Waals surface area (Å²) in [6.07, 6.45) is 1.15. The van der Waals surface area contributed by atoms with Gasteiger partial charge in [-0.05, 0) is 48.2 Å². The number of para-hydroxylation sites is 1. The van der Waals surface area contributed by atoms with E-state index < -0.39 is 6.09 Å². The van der Waals surface area contributed by atoms with E-state index in [1.54, 1.807) is 24.3 Å². The quantitative estimate of drug-likeness (QED) is 0.786. The van der Waals surface area contributed by atoms with E-state index in [9.17, 15) is 9.59 Å². The van der Waals surface area contributed by atoms with Crippen LogP contribution in [0.5, 0.6) is 5.75 Å². The standard InChI is InChI=1S/C20H24N2O4/c1-4-14-7-6-8-15(5-2)19(14)22-18(23)13-26-17-11-9-16(10-12-17)21-20(24)25-3/h6-12H,4-5,13H2,1-3H3,(H,21,24)(H,22,23). The molecule has 0 radical (unpaired) electrons. The van der Waals surface area contributed by atoms with Crippen LogP contribution in [-0.4, -0.2) is 25.7 Å². The van der Waals surface area contributed by atoms with Crippen molar-refractivity contribution >= 4 is 23.4 Å². The maximum atomic E-state index is 12.3. The van der Waals surface area contributed by atoms with Gasteiger partial charge in [0.05, 0.1) is 7.11 Å². The van der Waals surface area contributed by atoms with Crippen molar-refractivity contribution in [2.75, 3.05) is 24.4 Å². The lowest BCUT2D eigenvalue weighted by molar-refractivity contribution is -0.118. The molecule has 0 spiro atoms. The highest BCUT2D eigenvalue weighted by Gasteiger charge is 2.10. The van der Waals surface area contributed by atoms with Crippen LogP contribution in [0.3, 0.4) is 0 Å². The Morgan fingerprint density at radius 2 is 1.54 bits per heavy atom. The summed E-state index contributed by atoms with van der Waals surface area (Å²) >= 11 is 0. The lowest BCUT2D eigenvalue weighted by atomic mass is 10.0. The number of ether oxygens (including phenoxy) is 2. The van der Waals surface area contributed by atoms with Crippen LogP contribution in [-0.2, 0) is 22.4 Å². The molecule has 2 N–H and O–H groups in total. The minimum absolute atomic E-state index is 0.0923. The molecule has 2 aromatic carbocycles.